The third-order valence-electron chi connectivity index (χ3n) is 3.06. The average Bonchev–Trinajstić information content (AvgIpc) is 2.72. The molecule has 0 bridgehead atoms. The molecule has 2 N–H and O–H groups in total. The normalized spacial score (nSPS) is 19.7. The monoisotopic (exact) mass is 195 g/mol. The molecule has 1 aromatic rings. The van der Waals surface area contributed by atoms with E-state index in [4.69, 9.17) is 10.3 Å². The first-order valence-electron chi connectivity index (χ1n) is 5.03. The highest BCUT2D eigenvalue weighted by atomic mass is 16.5. The lowest BCUT2D eigenvalue weighted by Crippen LogP contribution is -2.28. The lowest BCUT2D eigenvalue weighted by molar-refractivity contribution is 0.308. The Balaban J connectivity index is 2.26. The topological polar surface area (TPSA) is 64.9 Å². The van der Waals surface area contributed by atoms with Gasteiger partial charge in [-0.3, -0.25) is 0 Å². The Morgan fingerprint density at radius 1 is 1.50 bits per heavy atom. The highest BCUT2D eigenvalue weighted by molar-refractivity contribution is 5.16. The van der Waals surface area contributed by atoms with Crippen LogP contribution in [0.25, 0.3) is 0 Å². The van der Waals surface area contributed by atoms with Gasteiger partial charge in [0.15, 0.2) is 5.82 Å². The first kappa shape index (κ1) is 9.65. The third kappa shape index (κ3) is 1.43. The Morgan fingerprint density at radius 2 is 2.14 bits per heavy atom. The van der Waals surface area contributed by atoms with Crippen LogP contribution >= 0.6 is 0 Å². The van der Waals surface area contributed by atoms with Crippen LogP contribution in [0.2, 0.25) is 0 Å². The first-order valence-corrected chi connectivity index (χ1v) is 5.03. The second kappa shape index (κ2) is 2.79. The second-order valence-electron chi connectivity index (χ2n) is 5.07. The molecule has 1 aliphatic carbocycles. The van der Waals surface area contributed by atoms with E-state index in [1.807, 2.05) is 13.8 Å². The smallest absolute Gasteiger partial charge is 0.233 e. The van der Waals surface area contributed by atoms with E-state index >= 15 is 0 Å². The van der Waals surface area contributed by atoms with Gasteiger partial charge in [0.05, 0.1) is 5.41 Å². The van der Waals surface area contributed by atoms with E-state index in [0.717, 1.165) is 18.7 Å². The van der Waals surface area contributed by atoms with E-state index in [1.54, 1.807) is 0 Å². The van der Waals surface area contributed by atoms with Crippen molar-refractivity contribution in [2.75, 3.05) is 6.54 Å². The Kier molecular flexibility index (Phi) is 1.93. The summed E-state index contributed by atoms with van der Waals surface area (Å²) < 4.78 is 5.25. The van der Waals surface area contributed by atoms with Crippen LogP contribution in [0.1, 0.15) is 45.3 Å². The number of nitrogens with two attached hydrogens (primary N) is 1. The summed E-state index contributed by atoms with van der Waals surface area (Å²) in [5.74, 6) is 1.50. The van der Waals surface area contributed by atoms with Gasteiger partial charge in [-0.2, -0.15) is 4.98 Å². The molecule has 4 nitrogen and oxygen atoms in total. The molecule has 0 unspecified atom stereocenters. The average molecular weight is 195 g/mol. The van der Waals surface area contributed by atoms with E-state index in [0.29, 0.717) is 12.4 Å². The molecule has 1 fully saturated rings. The molecule has 0 aliphatic heterocycles. The zero-order valence-corrected chi connectivity index (χ0v) is 9.00. The number of aromatic nitrogens is 2. The van der Waals surface area contributed by atoms with Gasteiger partial charge in [-0.1, -0.05) is 12.1 Å². The minimum absolute atomic E-state index is 0.173. The predicted molar refractivity (Wildman–Crippen MR) is 53.0 cm³/mol. The van der Waals surface area contributed by atoms with Crippen molar-refractivity contribution in [1.29, 1.82) is 0 Å². The number of hydrogen-bond acceptors (Lipinski definition) is 4. The fourth-order valence-corrected chi connectivity index (χ4v) is 1.24. The number of nitrogens with zero attached hydrogens (tertiary/aromatic N) is 2. The van der Waals surface area contributed by atoms with Crippen LogP contribution in [0.15, 0.2) is 4.52 Å². The maximum Gasteiger partial charge on any atom is 0.233 e. The molecule has 1 saturated carbocycles. The fraction of sp³-hybridized carbons (Fsp3) is 0.800. The van der Waals surface area contributed by atoms with Crippen LogP contribution in [0.3, 0.4) is 0 Å². The third-order valence-corrected chi connectivity index (χ3v) is 3.06. The van der Waals surface area contributed by atoms with Crippen molar-refractivity contribution >= 4 is 0 Å². The maximum absolute atomic E-state index is 5.64. The second-order valence-corrected chi connectivity index (χ2v) is 5.07. The summed E-state index contributed by atoms with van der Waals surface area (Å²) in [5.41, 5.74) is 5.61. The van der Waals surface area contributed by atoms with Gasteiger partial charge in [0.25, 0.3) is 0 Å². The molecule has 1 aromatic heterocycles. The minimum Gasteiger partial charge on any atom is -0.339 e. The summed E-state index contributed by atoms with van der Waals surface area (Å²) in [7, 11) is 0. The van der Waals surface area contributed by atoms with Crippen molar-refractivity contribution in [2.45, 2.75) is 44.4 Å². The zero-order chi connectivity index (χ0) is 10.4. The number of rotatable bonds is 3. The predicted octanol–water partition coefficient (Wildman–Crippen LogP) is 1.36. The van der Waals surface area contributed by atoms with Crippen molar-refractivity contribution in [3.8, 4) is 0 Å². The summed E-state index contributed by atoms with van der Waals surface area (Å²) in [4.78, 5) is 4.43. The lowest BCUT2D eigenvalue weighted by Gasteiger charge is -2.15. The van der Waals surface area contributed by atoms with E-state index in [1.165, 1.54) is 0 Å². The van der Waals surface area contributed by atoms with Crippen LogP contribution in [0, 0.1) is 0 Å². The molecule has 0 aromatic carbocycles. The van der Waals surface area contributed by atoms with E-state index in [2.05, 4.69) is 17.1 Å². The molecule has 4 heteroatoms. The molecular formula is C10H17N3O. The van der Waals surface area contributed by atoms with Gasteiger partial charge >= 0.3 is 0 Å². The van der Waals surface area contributed by atoms with Crippen molar-refractivity contribution in [2.24, 2.45) is 5.73 Å². The van der Waals surface area contributed by atoms with Crippen molar-refractivity contribution in [3.05, 3.63) is 11.7 Å². The molecule has 0 spiro atoms. The molecule has 0 saturated heterocycles. The van der Waals surface area contributed by atoms with Crippen molar-refractivity contribution in [1.82, 2.24) is 10.1 Å². The standard InChI is InChI=1S/C10H17N3O/c1-9(2,6-11)8-12-7(13-14-8)10(3)4-5-10/h4-6,11H2,1-3H3. The lowest BCUT2D eigenvalue weighted by atomic mass is 9.94. The molecule has 14 heavy (non-hydrogen) atoms. The van der Waals surface area contributed by atoms with Gasteiger partial charge in [-0.15, -0.1) is 0 Å². The minimum atomic E-state index is -0.212. The van der Waals surface area contributed by atoms with Gasteiger partial charge in [-0.25, -0.2) is 0 Å². The highest BCUT2D eigenvalue weighted by Gasteiger charge is 2.44. The van der Waals surface area contributed by atoms with Crippen LogP contribution < -0.4 is 5.73 Å². The molecule has 1 aliphatic rings. The zero-order valence-electron chi connectivity index (χ0n) is 9.00. The van der Waals surface area contributed by atoms with E-state index in [-0.39, 0.29) is 10.8 Å². The quantitative estimate of drug-likeness (QED) is 0.790. The SMILES string of the molecule is CC(C)(CN)c1nc(C2(C)CC2)no1. The molecule has 78 valence electrons. The van der Waals surface area contributed by atoms with Crippen LogP contribution in [0.5, 0.6) is 0 Å². The van der Waals surface area contributed by atoms with Gasteiger partial charge in [0, 0.05) is 12.0 Å². The molecule has 0 radical (unpaired) electrons. The molecule has 2 rings (SSSR count). The van der Waals surface area contributed by atoms with Crippen molar-refractivity contribution in [3.63, 3.8) is 0 Å². The number of hydrogen-bond donors (Lipinski definition) is 1. The van der Waals surface area contributed by atoms with Gasteiger partial charge in [0.2, 0.25) is 5.89 Å². The van der Waals surface area contributed by atoms with Gasteiger partial charge in [0.1, 0.15) is 0 Å². The van der Waals surface area contributed by atoms with Crippen LogP contribution in [-0.2, 0) is 10.8 Å². The summed E-state index contributed by atoms with van der Waals surface area (Å²) in [6, 6.07) is 0. The first-order chi connectivity index (χ1) is 6.48. The van der Waals surface area contributed by atoms with Gasteiger partial charge in [-0.05, 0) is 26.7 Å². The Bertz CT molecular complexity index is 339. The van der Waals surface area contributed by atoms with E-state index in [9.17, 15) is 0 Å². The van der Waals surface area contributed by atoms with E-state index < -0.39 is 0 Å². The molecular weight excluding hydrogens is 178 g/mol. The molecule has 0 amide bonds. The van der Waals surface area contributed by atoms with Gasteiger partial charge < -0.3 is 10.3 Å². The Hall–Kier alpha value is -0.900. The summed E-state index contributed by atoms with van der Waals surface area (Å²) in [6.07, 6.45) is 2.32. The fourth-order valence-electron chi connectivity index (χ4n) is 1.24. The highest BCUT2D eigenvalue weighted by Crippen LogP contribution is 2.46. The Labute approximate surface area is 83.9 Å². The summed E-state index contributed by atoms with van der Waals surface area (Å²) in [6.45, 7) is 6.71. The summed E-state index contributed by atoms with van der Waals surface area (Å²) >= 11 is 0. The summed E-state index contributed by atoms with van der Waals surface area (Å²) in [5, 5.41) is 4.02. The van der Waals surface area contributed by atoms with Crippen LogP contribution in [-0.4, -0.2) is 16.7 Å². The van der Waals surface area contributed by atoms with Crippen molar-refractivity contribution < 1.29 is 4.52 Å². The largest absolute Gasteiger partial charge is 0.339 e. The molecule has 0 atom stereocenters. The molecule has 1 heterocycles. The Morgan fingerprint density at radius 3 is 2.64 bits per heavy atom. The van der Waals surface area contributed by atoms with Crippen LogP contribution in [0.4, 0.5) is 0 Å². The maximum atomic E-state index is 5.64.